The molecule has 7 heteroatoms. The van der Waals surface area contributed by atoms with Gasteiger partial charge >= 0.3 is 0 Å². The molecule has 0 saturated carbocycles. The van der Waals surface area contributed by atoms with Crippen LogP contribution < -0.4 is 15.5 Å². The third-order valence-electron chi connectivity index (χ3n) is 3.59. The number of hydrogen-bond donors (Lipinski definition) is 2. The van der Waals surface area contributed by atoms with Gasteiger partial charge in [0.1, 0.15) is 5.75 Å². The number of ether oxygens (including phenoxy) is 1. The summed E-state index contributed by atoms with van der Waals surface area (Å²) in [5, 5.41) is 6.43. The van der Waals surface area contributed by atoms with Gasteiger partial charge in [-0.05, 0) is 36.8 Å². The Bertz CT molecular complexity index is 791. The van der Waals surface area contributed by atoms with Crippen LogP contribution in [0.15, 0.2) is 58.1 Å². The molecule has 0 bridgehead atoms. The van der Waals surface area contributed by atoms with E-state index in [2.05, 4.69) is 38.7 Å². The summed E-state index contributed by atoms with van der Waals surface area (Å²) in [5.41, 5.74) is 3.67. The van der Waals surface area contributed by atoms with E-state index in [1.807, 2.05) is 24.3 Å². The van der Waals surface area contributed by atoms with E-state index in [1.54, 1.807) is 24.3 Å². The lowest BCUT2D eigenvalue weighted by atomic mass is 10.2. The number of nitrogens with zero attached hydrogens (tertiary/aromatic N) is 1. The molecule has 2 rings (SSSR count). The standard InChI is InChI=1S/C20H22BrN3O3/c1-2-3-12-27-17-10-8-15(9-11-17)20(26)22-14-19(25)24-23-13-16-6-4-5-7-18(16)21/h4-11,13H,2-3,12,14H2,1H3,(H,22,26)(H,24,25)/b23-13-. The van der Waals surface area contributed by atoms with Gasteiger partial charge in [-0.15, -0.1) is 0 Å². The molecular weight excluding hydrogens is 410 g/mol. The lowest BCUT2D eigenvalue weighted by Crippen LogP contribution is -2.34. The number of unbranched alkanes of at least 4 members (excludes halogenated alkanes) is 1. The number of rotatable bonds is 9. The van der Waals surface area contributed by atoms with Crippen molar-refractivity contribution in [3.8, 4) is 5.75 Å². The number of carbonyl (C=O) groups excluding carboxylic acids is 2. The van der Waals surface area contributed by atoms with Gasteiger partial charge in [-0.2, -0.15) is 5.10 Å². The molecule has 142 valence electrons. The Labute approximate surface area is 167 Å². The molecule has 0 aliphatic heterocycles. The van der Waals surface area contributed by atoms with Crippen molar-refractivity contribution in [3.05, 3.63) is 64.1 Å². The van der Waals surface area contributed by atoms with Gasteiger partial charge in [0.15, 0.2) is 0 Å². The molecule has 0 saturated heterocycles. The lowest BCUT2D eigenvalue weighted by Gasteiger charge is -2.07. The van der Waals surface area contributed by atoms with E-state index < -0.39 is 5.91 Å². The van der Waals surface area contributed by atoms with Crippen LogP contribution in [-0.2, 0) is 4.79 Å². The minimum Gasteiger partial charge on any atom is -0.494 e. The van der Waals surface area contributed by atoms with Gasteiger partial charge in [0.2, 0.25) is 0 Å². The van der Waals surface area contributed by atoms with E-state index in [4.69, 9.17) is 4.74 Å². The number of hydrazone groups is 1. The third-order valence-corrected chi connectivity index (χ3v) is 4.31. The SMILES string of the molecule is CCCCOc1ccc(C(=O)NCC(=O)N/N=C\c2ccccc2Br)cc1. The summed E-state index contributed by atoms with van der Waals surface area (Å²) in [6.07, 6.45) is 3.58. The molecule has 0 aromatic heterocycles. The van der Waals surface area contributed by atoms with Crippen molar-refractivity contribution in [2.24, 2.45) is 5.10 Å². The Kier molecular flexibility index (Phi) is 8.51. The molecule has 0 spiro atoms. The number of benzene rings is 2. The second kappa shape index (κ2) is 11.1. The van der Waals surface area contributed by atoms with Gasteiger partial charge in [0, 0.05) is 15.6 Å². The highest BCUT2D eigenvalue weighted by molar-refractivity contribution is 9.10. The van der Waals surface area contributed by atoms with E-state index in [0.29, 0.717) is 12.2 Å². The fourth-order valence-electron chi connectivity index (χ4n) is 2.09. The quantitative estimate of drug-likeness (QED) is 0.362. The number of carbonyl (C=O) groups is 2. The maximum Gasteiger partial charge on any atom is 0.259 e. The molecule has 0 radical (unpaired) electrons. The summed E-state index contributed by atoms with van der Waals surface area (Å²) in [6, 6.07) is 14.3. The van der Waals surface area contributed by atoms with Crippen LogP contribution in [0.5, 0.6) is 5.75 Å². The van der Waals surface area contributed by atoms with Crippen LogP contribution in [0, 0.1) is 0 Å². The van der Waals surface area contributed by atoms with Crippen LogP contribution in [0.3, 0.4) is 0 Å². The van der Waals surface area contributed by atoms with Crippen LogP contribution >= 0.6 is 15.9 Å². The minimum atomic E-state index is -0.411. The molecule has 2 aromatic rings. The van der Waals surface area contributed by atoms with E-state index in [1.165, 1.54) is 6.21 Å². The first kappa shape index (κ1) is 20.6. The first-order chi connectivity index (χ1) is 13.1. The smallest absolute Gasteiger partial charge is 0.259 e. The number of amides is 2. The van der Waals surface area contributed by atoms with Crippen LogP contribution in [-0.4, -0.2) is 31.2 Å². The Morgan fingerprint density at radius 3 is 2.59 bits per heavy atom. The largest absolute Gasteiger partial charge is 0.494 e. The minimum absolute atomic E-state index is 0.166. The summed E-state index contributed by atoms with van der Waals surface area (Å²) in [7, 11) is 0. The fourth-order valence-corrected chi connectivity index (χ4v) is 2.48. The van der Waals surface area contributed by atoms with Crippen LogP contribution in [0.4, 0.5) is 0 Å². The highest BCUT2D eigenvalue weighted by atomic mass is 79.9. The summed E-state index contributed by atoms with van der Waals surface area (Å²) in [6.45, 7) is 2.59. The molecule has 0 unspecified atom stereocenters. The highest BCUT2D eigenvalue weighted by Crippen LogP contribution is 2.13. The van der Waals surface area contributed by atoms with Gasteiger partial charge in [-0.1, -0.05) is 47.5 Å². The monoisotopic (exact) mass is 431 g/mol. The van der Waals surface area contributed by atoms with Crippen molar-refractivity contribution in [3.63, 3.8) is 0 Å². The number of halogens is 1. The first-order valence-electron chi connectivity index (χ1n) is 8.67. The average Bonchev–Trinajstić information content (AvgIpc) is 2.68. The Balaban J connectivity index is 1.76. The molecule has 0 aliphatic carbocycles. The highest BCUT2D eigenvalue weighted by Gasteiger charge is 2.08. The Hall–Kier alpha value is -2.67. The first-order valence-corrected chi connectivity index (χ1v) is 9.47. The van der Waals surface area contributed by atoms with Gasteiger partial charge in [0.05, 0.1) is 19.4 Å². The number of nitrogens with one attached hydrogen (secondary N) is 2. The van der Waals surface area contributed by atoms with Crippen molar-refractivity contribution in [1.29, 1.82) is 0 Å². The molecule has 27 heavy (non-hydrogen) atoms. The van der Waals surface area contributed by atoms with E-state index in [-0.39, 0.29) is 12.5 Å². The maximum absolute atomic E-state index is 12.1. The number of hydrogen-bond acceptors (Lipinski definition) is 4. The zero-order valence-corrected chi connectivity index (χ0v) is 16.7. The van der Waals surface area contributed by atoms with Gasteiger partial charge in [-0.3, -0.25) is 9.59 Å². The molecule has 6 nitrogen and oxygen atoms in total. The van der Waals surface area contributed by atoms with Gasteiger partial charge in [0.25, 0.3) is 11.8 Å². The summed E-state index contributed by atoms with van der Waals surface area (Å²) >= 11 is 3.39. The van der Waals surface area contributed by atoms with Crippen molar-refractivity contribution in [2.75, 3.05) is 13.2 Å². The topological polar surface area (TPSA) is 79.8 Å². The summed E-state index contributed by atoms with van der Waals surface area (Å²) < 4.78 is 6.43. The molecule has 0 aliphatic rings. The summed E-state index contributed by atoms with van der Waals surface area (Å²) in [5.74, 6) is -0.0228. The normalized spacial score (nSPS) is 10.6. The van der Waals surface area contributed by atoms with E-state index >= 15 is 0 Å². The second-order valence-corrected chi connectivity index (χ2v) is 6.58. The van der Waals surface area contributed by atoms with E-state index in [0.717, 1.165) is 28.6 Å². The average molecular weight is 432 g/mol. The molecule has 2 N–H and O–H groups in total. The Morgan fingerprint density at radius 1 is 1.15 bits per heavy atom. The second-order valence-electron chi connectivity index (χ2n) is 5.72. The Morgan fingerprint density at radius 2 is 1.89 bits per heavy atom. The third kappa shape index (κ3) is 7.22. The van der Waals surface area contributed by atoms with Crippen LogP contribution in [0.2, 0.25) is 0 Å². The molecular formula is C20H22BrN3O3. The summed E-state index contributed by atoms with van der Waals surface area (Å²) in [4.78, 5) is 23.9. The fraction of sp³-hybridized carbons (Fsp3) is 0.250. The van der Waals surface area contributed by atoms with Crippen molar-refractivity contribution >= 4 is 34.0 Å². The molecule has 0 fully saturated rings. The van der Waals surface area contributed by atoms with E-state index in [9.17, 15) is 9.59 Å². The van der Waals surface area contributed by atoms with Crippen molar-refractivity contribution in [1.82, 2.24) is 10.7 Å². The van der Waals surface area contributed by atoms with Gasteiger partial charge in [-0.25, -0.2) is 5.43 Å². The zero-order valence-electron chi connectivity index (χ0n) is 15.1. The van der Waals surface area contributed by atoms with Crippen molar-refractivity contribution < 1.29 is 14.3 Å². The van der Waals surface area contributed by atoms with Crippen LogP contribution in [0.1, 0.15) is 35.7 Å². The predicted octanol–water partition coefficient (Wildman–Crippen LogP) is 3.51. The molecule has 0 heterocycles. The molecule has 2 amide bonds. The molecule has 2 aromatic carbocycles. The van der Waals surface area contributed by atoms with Crippen LogP contribution in [0.25, 0.3) is 0 Å². The maximum atomic E-state index is 12.1. The van der Waals surface area contributed by atoms with Crippen molar-refractivity contribution in [2.45, 2.75) is 19.8 Å². The molecule has 0 atom stereocenters. The lowest BCUT2D eigenvalue weighted by molar-refractivity contribution is -0.120. The zero-order chi connectivity index (χ0) is 19.5. The predicted molar refractivity (Wildman–Crippen MR) is 109 cm³/mol. The van der Waals surface area contributed by atoms with Gasteiger partial charge < -0.3 is 10.1 Å².